The van der Waals surface area contributed by atoms with Gasteiger partial charge in [-0.1, -0.05) is 11.8 Å². The van der Waals surface area contributed by atoms with Gasteiger partial charge in [0.25, 0.3) is 11.8 Å². The number of nitriles is 1. The summed E-state index contributed by atoms with van der Waals surface area (Å²) in [7, 11) is 1.42. The second-order valence-corrected chi connectivity index (χ2v) is 9.82. The molecule has 37 heavy (non-hydrogen) atoms. The molecule has 1 aromatic rings. The zero-order valence-electron chi connectivity index (χ0n) is 21.4. The standard InChI is InChI=1S/C27H30N6O4/c1-27(2,3)31-14-18(22(29)13-28)8-7-17-15-32(16-17)19-9-10-20-21(12-19)26(37)33(25(20)36)23(6-5-11-34)24(35)30-4/h9-12,14,17,23H,5-6,15-16,29H2,1-4H3,(H,30,35). The van der Waals surface area contributed by atoms with Gasteiger partial charge in [0.15, 0.2) is 0 Å². The highest BCUT2D eigenvalue weighted by atomic mass is 16.2. The lowest BCUT2D eigenvalue weighted by molar-refractivity contribution is -0.124. The maximum absolute atomic E-state index is 13.1. The maximum atomic E-state index is 13.1. The Bertz CT molecular complexity index is 1280. The molecule has 1 atom stereocenters. The van der Waals surface area contributed by atoms with Gasteiger partial charge in [-0.15, -0.1) is 0 Å². The van der Waals surface area contributed by atoms with Gasteiger partial charge in [-0.25, -0.2) is 0 Å². The van der Waals surface area contributed by atoms with E-state index in [1.54, 1.807) is 18.2 Å². The topological polar surface area (TPSA) is 149 Å². The first-order valence-electron chi connectivity index (χ1n) is 11.9. The van der Waals surface area contributed by atoms with Crippen molar-refractivity contribution < 1.29 is 19.2 Å². The Morgan fingerprint density at radius 1 is 1.27 bits per heavy atom. The third-order valence-corrected chi connectivity index (χ3v) is 5.97. The van der Waals surface area contributed by atoms with E-state index in [4.69, 9.17) is 11.0 Å². The van der Waals surface area contributed by atoms with Gasteiger partial charge in [0, 0.05) is 38.5 Å². The Kier molecular flexibility index (Phi) is 8.14. The SMILES string of the molecule is CNC(=O)C(CCC=O)N1C(=O)c2ccc(N3CC(C#CC(C=NC(C)(C)C)=C(N)C#N)C3)cc2C1=O. The van der Waals surface area contributed by atoms with E-state index >= 15 is 0 Å². The number of rotatable bonds is 7. The second-order valence-electron chi connectivity index (χ2n) is 9.82. The summed E-state index contributed by atoms with van der Waals surface area (Å²) in [5.74, 6) is 4.50. The number of aliphatic imine (C=N–C) groups is 1. The molecule has 3 amide bonds. The lowest BCUT2D eigenvalue weighted by Crippen LogP contribution is -2.48. The highest BCUT2D eigenvalue weighted by molar-refractivity contribution is 6.23. The number of imide groups is 1. The molecule has 0 aromatic heterocycles. The number of benzene rings is 1. The molecule has 0 aliphatic carbocycles. The molecule has 1 saturated heterocycles. The second kappa shape index (κ2) is 11.1. The normalized spacial score (nSPS) is 16.8. The van der Waals surface area contributed by atoms with Crippen molar-refractivity contribution in [2.45, 2.75) is 45.2 Å². The Hall–Kier alpha value is -4.44. The summed E-state index contributed by atoms with van der Waals surface area (Å²) in [5.41, 5.74) is 7.04. The first kappa shape index (κ1) is 27.2. The Labute approximate surface area is 216 Å². The number of likely N-dealkylation sites (N-methyl/N-ethyl adjacent to an activating group) is 1. The summed E-state index contributed by atoms with van der Waals surface area (Å²) < 4.78 is 0. The zero-order valence-corrected chi connectivity index (χ0v) is 21.4. The lowest BCUT2D eigenvalue weighted by atomic mass is 9.98. The van der Waals surface area contributed by atoms with Gasteiger partial charge in [-0.2, -0.15) is 5.26 Å². The smallest absolute Gasteiger partial charge is 0.262 e. The van der Waals surface area contributed by atoms with E-state index in [2.05, 4.69) is 22.2 Å². The van der Waals surface area contributed by atoms with Crippen LogP contribution in [0, 0.1) is 29.1 Å². The third kappa shape index (κ3) is 6.04. The number of amides is 3. The molecule has 10 heteroatoms. The molecule has 10 nitrogen and oxygen atoms in total. The number of nitrogens with zero attached hydrogens (tertiary/aromatic N) is 4. The van der Waals surface area contributed by atoms with Crippen LogP contribution < -0.4 is 16.0 Å². The molecule has 0 saturated carbocycles. The van der Waals surface area contributed by atoms with Crippen LogP contribution >= 0.6 is 0 Å². The first-order chi connectivity index (χ1) is 17.5. The minimum atomic E-state index is -1.06. The highest BCUT2D eigenvalue weighted by Gasteiger charge is 2.43. The van der Waals surface area contributed by atoms with Crippen LogP contribution in [0.1, 0.15) is 54.3 Å². The summed E-state index contributed by atoms with van der Waals surface area (Å²) >= 11 is 0. The minimum absolute atomic E-state index is 0.00577. The van der Waals surface area contributed by atoms with Gasteiger partial charge in [0.2, 0.25) is 5.91 Å². The summed E-state index contributed by atoms with van der Waals surface area (Å²) in [6.45, 7) is 6.97. The average molecular weight is 503 g/mol. The number of hydrogen-bond donors (Lipinski definition) is 2. The first-order valence-corrected chi connectivity index (χ1v) is 11.9. The molecular formula is C27H30N6O4. The predicted octanol–water partition coefficient (Wildman–Crippen LogP) is 1.42. The van der Waals surface area contributed by atoms with Crippen molar-refractivity contribution in [1.82, 2.24) is 10.2 Å². The van der Waals surface area contributed by atoms with Crippen molar-refractivity contribution in [2.24, 2.45) is 16.6 Å². The highest BCUT2D eigenvalue weighted by Crippen LogP contribution is 2.32. The van der Waals surface area contributed by atoms with E-state index in [1.165, 1.54) is 13.3 Å². The molecule has 0 bridgehead atoms. The van der Waals surface area contributed by atoms with E-state index in [0.717, 1.165) is 10.6 Å². The molecule has 3 N–H and O–H groups in total. The van der Waals surface area contributed by atoms with Crippen LogP contribution in [0.5, 0.6) is 0 Å². The molecule has 2 heterocycles. The summed E-state index contributed by atoms with van der Waals surface area (Å²) in [6, 6.07) is 5.84. The number of carbonyl (C=O) groups is 4. The van der Waals surface area contributed by atoms with Crippen molar-refractivity contribution in [3.8, 4) is 17.9 Å². The largest absolute Gasteiger partial charge is 0.389 e. The van der Waals surface area contributed by atoms with Crippen molar-refractivity contribution in [1.29, 1.82) is 5.26 Å². The van der Waals surface area contributed by atoms with E-state index in [0.29, 0.717) is 24.9 Å². The minimum Gasteiger partial charge on any atom is -0.389 e. The molecule has 3 rings (SSSR count). The quantitative estimate of drug-likeness (QED) is 0.188. The molecule has 2 aliphatic rings. The Morgan fingerprint density at radius 2 is 1.95 bits per heavy atom. The average Bonchev–Trinajstić information content (AvgIpc) is 3.08. The van der Waals surface area contributed by atoms with Crippen LogP contribution in [0.25, 0.3) is 0 Å². The van der Waals surface area contributed by atoms with Crippen LogP contribution in [0.3, 0.4) is 0 Å². The molecule has 2 aliphatic heterocycles. The van der Waals surface area contributed by atoms with E-state index in [1.807, 2.05) is 31.7 Å². The van der Waals surface area contributed by atoms with Gasteiger partial charge >= 0.3 is 0 Å². The van der Waals surface area contributed by atoms with E-state index in [-0.39, 0.29) is 41.1 Å². The van der Waals surface area contributed by atoms with Gasteiger partial charge in [0.05, 0.1) is 28.2 Å². The van der Waals surface area contributed by atoms with Crippen molar-refractivity contribution >= 4 is 35.9 Å². The fraction of sp³-hybridized carbons (Fsp3) is 0.407. The fourth-order valence-electron chi connectivity index (χ4n) is 3.95. The van der Waals surface area contributed by atoms with Crippen molar-refractivity contribution in [3.05, 3.63) is 40.6 Å². The summed E-state index contributed by atoms with van der Waals surface area (Å²) in [5, 5.41) is 11.6. The number of fused-ring (bicyclic) bond motifs is 1. The molecule has 1 unspecified atom stereocenters. The fourth-order valence-corrected chi connectivity index (χ4v) is 3.95. The molecule has 1 aromatic carbocycles. The molecular weight excluding hydrogens is 472 g/mol. The number of allylic oxidation sites excluding steroid dienone is 2. The Morgan fingerprint density at radius 3 is 2.54 bits per heavy atom. The number of nitrogens with two attached hydrogens (primary N) is 1. The number of hydrogen-bond acceptors (Lipinski definition) is 8. The van der Waals surface area contributed by atoms with Crippen LogP contribution in [-0.4, -0.2) is 66.8 Å². The summed E-state index contributed by atoms with van der Waals surface area (Å²) in [6.07, 6.45) is 2.28. The van der Waals surface area contributed by atoms with Crippen LogP contribution in [0.4, 0.5) is 5.69 Å². The number of nitrogens with one attached hydrogen (secondary N) is 1. The summed E-state index contributed by atoms with van der Waals surface area (Å²) in [4.78, 5) is 56.6. The van der Waals surface area contributed by atoms with Crippen molar-refractivity contribution in [3.63, 3.8) is 0 Å². The Balaban J connectivity index is 1.74. The van der Waals surface area contributed by atoms with E-state index in [9.17, 15) is 19.2 Å². The van der Waals surface area contributed by atoms with Gasteiger partial charge in [-0.05, 0) is 45.4 Å². The molecule has 0 radical (unpaired) electrons. The van der Waals surface area contributed by atoms with E-state index < -0.39 is 23.8 Å². The zero-order chi connectivity index (χ0) is 27.3. The van der Waals surface area contributed by atoms with Gasteiger partial charge in [-0.3, -0.25) is 24.3 Å². The lowest BCUT2D eigenvalue weighted by Gasteiger charge is -2.38. The van der Waals surface area contributed by atoms with Crippen LogP contribution in [-0.2, 0) is 9.59 Å². The van der Waals surface area contributed by atoms with Crippen LogP contribution in [0.15, 0.2) is 34.5 Å². The van der Waals surface area contributed by atoms with Crippen molar-refractivity contribution in [2.75, 3.05) is 25.0 Å². The monoisotopic (exact) mass is 502 g/mol. The van der Waals surface area contributed by atoms with Gasteiger partial charge < -0.3 is 20.7 Å². The number of carbonyl (C=O) groups excluding carboxylic acids is 4. The molecule has 192 valence electrons. The predicted molar refractivity (Wildman–Crippen MR) is 139 cm³/mol. The maximum Gasteiger partial charge on any atom is 0.262 e. The number of aldehydes is 1. The van der Waals surface area contributed by atoms with Gasteiger partial charge in [0.1, 0.15) is 24.1 Å². The molecule has 1 fully saturated rings. The molecule has 0 spiro atoms. The van der Waals surface area contributed by atoms with Crippen LogP contribution in [0.2, 0.25) is 0 Å². The third-order valence-electron chi connectivity index (χ3n) is 5.97. The number of anilines is 1.